The van der Waals surface area contributed by atoms with Crippen LogP contribution in [0.1, 0.15) is 42.1 Å². The molecule has 6 N–H and O–H groups in total. The van der Waals surface area contributed by atoms with Crippen molar-refractivity contribution in [2.24, 2.45) is 5.73 Å². The standard InChI is InChI=1S/C34H40N6O9/c1-22(2)30(39-27(41)16-19-48-20-18-40-28(42)14-15-29(40)43)32(45)38-26(9-6-17-36-34(35)47)31(44)37-25-12-10-23(11-13-25)21-49-33(46)24-7-4-3-5-8-24/h3-5,7-8,10-15,26,30H,1,6,9,16-21H2,2H3,(H,37,44)(H,38,45)(H,39,41)(H3,35,36,47)/t26-,30-/m0/s1. The molecule has 0 fully saturated rings. The van der Waals surface area contributed by atoms with Crippen LogP contribution in [0.5, 0.6) is 0 Å². The molecule has 0 bridgehead atoms. The lowest BCUT2D eigenvalue weighted by Crippen LogP contribution is -2.53. The highest BCUT2D eigenvalue weighted by Gasteiger charge is 2.27. The number of anilines is 1. The smallest absolute Gasteiger partial charge is 0.338 e. The number of carbonyl (C=O) groups excluding carboxylic acids is 7. The molecular formula is C34H40N6O9. The van der Waals surface area contributed by atoms with Gasteiger partial charge in [0, 0.05) is 30.8 Å². The van der Waals surface area contributed by atoms with Gasteiger partial charge in [-0.25, -0.2) is 9.59 Å². The van der Waals surface area contributed by atoms with Crippen molar-refractivity contribution in [2.45, 2.75) is 44.9 Å². The molecule has 2 aromatic rings. The second kappa shape index (κ2) is 19.1. The minimum absolute atomic E-state index is 0.0198. The van der Waals surface area contributed by atoms with Crippen LogP contribution >= 0.6 is 0 Å². The number of primary amides is 1. The normalized spacial score (nSPS) is 13.3. The molecule has 1 aliphatic rings. The Morgan fingerprint density at radius 1 is 0.898 bits per heavy atom. The van der Waals surface area contributed by atoms with Gasteiger partial charge >= 0.3 is 12.0 Å². The molecule has 49 heavy (non-hydrogen) atoms. The Hall–Kier alpha value is -5.83. The lowest BCUT2D eigenvalue weighted by molar-refractivity contribution is -0.138. The second-order valence-electron chi connectivity index (χ2n) is 11.0. The topological polar surface area (TPSA) is 215 Å². The molecule has 0 saturated heterocycles. The van der Waals surface area contributed by atoms with Crippen LogP contribution < -0.4 is 27.0 Å². The van der Waals surface area contributed by atoms with E-state index in [1.54, 1.807) is 61.5 Å². The number of nitrogens with two attached hydrogens (primary N) is 1. The first kappa shape index (κ1) is 37.6. The van der Waals surface area contributed by atoms with Gasteiger partial charge in [0.2, 0.25) is 17.7 Å². The third-order valence-corrected chi connectivity index (χ3v) is 7.10. The highest BCUT2D eigenvalue weighted by molar-refractivity contribution is 6.12. The van der Waals surface area contributed by atoms with Gasteiger partial charge < -0.3 is 36.5 Å². The van der Waals surface area contributed by atoms with Crippen molar-refractivity contribution < 1.29 is 43.0 Å². The van der Waals surface area contributed by atoms with E-state index in [1.807, 2.05) is 0 Å². The summed E-state index contributed by atoms with van der Waals surface area (Å²) < 4.78 is 10.7. The van der Waals surface area contributed by atoms with E-state index in [4.69, 9.17) is 15.2 Å². The van der Waals surface area contributed by atoms with Crippen LogP contribution in [0.4, 0.5) is 10.5 Å². The van der Waals surface area contributed by atoms with Gasteiger partial charge in [0.05, 0.1) is 25.3 Å². The number of urea groups is 1. The Bertz CT molecular complexity index is 1540. The van der Waals surface area contributed by atoms with Gasteiger partial charge in [-0.3, -0.25) is 28.9 Å². The summed E-state index contributed by atoms with van der Waals surface area (Å²) >= 11 is 0. The van der Waals surface area contributed by atoms with Crippen molar-refractivity contribution in [1.29, 1.82) is 0 Å². The molecule has 2 aromatic carbocycles. The van der Waals surface area contributed by atoms with E-state index in [0.717, 1.165) is 17.1 Å². The predicted molar refractivity (Wildman–Crippen MR) is 177 cm³/mol. The number of amides is 7. The number of hydrogen-bond donors (Lipinski definition) is 5. The van der Waals surface area contributed by atoms with Crippen molar-refractivity contribution in [1.82, 2.24) is 20.9 Å². The summed E-state index contributed by atoms with van der Waals surface area (Å²) in [6.07, 6.45) is 2.61. The van der Waals surface area contributed by atoms with Crippen LogP contribution in [0.3, 0.4) is 0 Å². The fraction of sp³-hybridized carbons (Fsp3) is 0.324. The number of esters is 1. The van der Waals surface area contributed by atoms with E-state index in [-0.39, 0.29) is 45.8 Å². The van der Waals surface area contributed by atoms with Crippen molar-refractivity contribution in [3.63, 3.8) is 0 Å². The van der Waals surface area contributed by atoms with Crippen molar-refractivity contribution >= 4 is 47.2 Å². The highest BCUT2D eigenvalue weighted by Crippen LogP contribution is 2.13. The van der Waals surface area contributed by atoms with Crippen molar-refractivity contribution in [3.05, 3.63) is 90.0 Å². The molecular weight excluding hydrogens is 636 g/mol. The van der Waals surface area contributed by atoms with Gasteiger partial charge in [0.15, 0.2) is 0 Å². The molecule has 7 amide bonds. The summed E-state index contributed by atoms with van der Waals surface area (Å²) in [5, 5.41) is 10.4. The van der Waals surface area contributed by atoms with Crippen LogP contribution in [-0.4, -0.2) is 84.8 Å². The molecule has 1 heterocycles. The first-order valence-corrected chi connectivity index (χ1v) is 15.5. The molecule has 15 nitrogen and oxygen atoms in total. The van der Waals surface area contributed by atoms with Gasteiger partial charge in [0.1, 0.15) is 18.7 Å². The van der Waals surface area contributed by atoms with Crippen LogP contribution in [0.2, 0.25) is 0 Å². The maximum Gasteiger partial charge on any atom is 0.338 e. The van der Waals surface area contributed by atoms with Gasteiger partial charge in [-0.05, 0) is 55.2 Å². The van der Waals surface area contributed by atoms with Gasteiger partial charge in [-0.1, -0.05) is 36.9 Å². The van der Waals surface area contributed by atoms with Crippen molar-refractivity contribution in [2.75, 3.05) is 31.6 Å². The Morgan fingerprint density at radius 3 is 2.20 bits per heavy atom. The monoisotopic (exact) mass is 676 g/mol. The fourth-order valence-electron chi connectivity index (χ4n) is 4.48. The predicted octanol–water partition coefficient (Wildman–Crippen LogP) is 1.31. The van der Waals surface area contributed by atoms with Crippen LogP contribution in [0.25, 0.3) is 0 Å². The number of carbonyl (C=O) groups is 7. The Balaban J connectivity index is 1.53. The zero-order valence-corrected chi connectivity index (χ0v) is 27.1. The van der Waals surface area contributed by atoms with E-state index < -0.39 is 53.6 Å². The summed E-state index contributed by atoms with van der Waals surface area (Å²) in [5.41, 5.74) is 6.96. The van der Waals surface area contributed by atoms with E-state index in [9.17, 15) is 33.6 Å². The lowest BCUT2D eigenvalue weighted by Gasteiger charge is -2.23. The third-order valence-electron chi connectivity index (χ3n) is 7.10. The third kappa shape index (κ3) is 12.7. The summed E-state index contributed by atoms with van der Waals surface area (Å²) in [5.74, 6) is -3.10. The average Bonchev–Trinajstić information content (AvgIpc) is 3.40. The number of benzene rings is 2. The minimum atomic E-state index is -1.17. The summed E-state index contributed by atoms with van der Waals surface area (Å²) in [6.45, 7) is 5.54. The molecule has 0 aliphatic carbocycles. The number of nitrogens with zero attached hydrogens (tertiary/aromatic N) is 1. The fourth-order valence-corrected chi connectivity index (χ4v) is 4.48. The molecule has 3 rings (SSSR count). The molecule has 260 valence electrons. The van der Waals surface area contributed by atoms with Crippen molar-refractivity contribution in [3.8, 4) is 0 Å². The molecule has 0 radical (unpaired) electrons. The maximum absolute atomic E-state index is 13.3. The summed E-state index contributed by atoms with van der Waals surface area (Å²) in [7, 11) is 0. The lowest BCUT2D eigenvalue weighted by atomic mass is 10.1. The molecule has 15 heteroatoms. The van der Waals surface area contributed by atoms with E-state index >= 15 is 0 Å². The Kier molecular flexibility index (Phi) is 14.7. The molecule has 0 spiro atoms. The molecule has 0 saturated carbocycles. The number of ether oxygens (including phenoxy) is 2. The first-order valence-electron chi connectivity index (χ1n) is 15.5. The van der Waals surface area contributed by atoms with E-state index in [0.29, 0.717) is 28.8 Å². The van der Waals surface area contributed by atoms with Crippen LogP contribution in [0, 0.1) is 0 Å². The maximum atomic E-state index is 13.3. The molecule has 0 unspecified atom stereocenters. The second-order valence-corrected chi connectivity index (χ2v) is 11.0. The first-order chi connectivity index (χ1) is 23.4. The van der Waals surface area contributed by atoms with E-state index in [1.165, 1.54) is 0 Å². The zero-order valence-electron chi connectivity index (χ0n) is 27.1. The average molecular weight is 677 g/mol. The number of imide groups is 1. The summed E-state index contributed by atoms with van der Waals surface area (Å²) in [6, 6.07) is 12.2. The number of hydrogen-bond acceptors (Lipinski definition) is 9. The zero-order chi connectivity index (χ0) is 35.8. The molecule has 2 atom stereocenters. The highest BCUT2D eigenvalue weighted by atomic mass is 16.5. The molecule has 0 aromatic heterocycles. The number of nitrogens with one attached hydrogen (secondary N) is 4. The SMILES string of the molecule is C=C(C)[C@H](NC(=O)CCOCCN1C(=O)C=CC1=O)C(=O)N[C@@H](CCCNC(N)=O)C(=O)Nc1ccc(COC(=O)c2ccccc2)cc1. The van der Waals surface area contributed by atoms with Crippen LogP contribution in [-0.2, 0) is 40.1 Å². The molecule has 1 aliphatic heterocycles. The Labute approximate surface area is 283 Å². The van der Waals surface area contributed by atoms with Crippen LogP contribution in [0.15, 0.2) is 78.9 Å². The van der Waals surface area contributed by atoms with E-state index in [2.05, 4.69) is 27.8 Å². The largest absolute Gasteiger partial charge is 0.457 e. The number of rotatable bonds is 19. The quantitative estimate of drug-likeness (QED) is 0.0627. The Morgan fingerprint density at radius 2 is 1.57 bits per heavy atom. The minimum Gasteiger partial charge on any atom is -0.457 e. The summed E-state index contributed by atoms with van der Waals surface area (Å²) in [4.78, 5) is 86.7. The van der Waals surface area contributed by atoms with Gasteiger partial charge in [0.25, 0.3) is 11.8 Å². The van der Waals surface area contributed by atoms with Gasteiger partial charge in [-0.2, -0.15) is 0 Å². The van der Waals surface area contributed by atoms with Gasteiger partial charge in [-0.15, -0.1) is 0 Å².